The van der Waals surface area contributed by atoms with Gasteiger partial charge in [0.25, 0.3) is 0 Å². The van der Waals surface area contributed by atoms with Gasteiger partial charge in [-0.15, -0.1) is 10.2 Å². The van der Waals surface area contributed by atoms with Gasteiger partial charge in [-0.1, -0.05) is 32.8 Å². The summed E-state index contributed by atoms with van der Waals surface area (Å²) in [5, 5.41) is 12.1. The van der Waals surface area contributed by atoms with E-state index in [-0.39, 0.29) is 0 Å². The van der Waals surface area contributed by atoms with Gasteiger partial charge >= 0.3 is 0 Å². The Labute approximate surface area is 115 Å². The summed E-state index contributed by atoms with van der Waals surface area (Å²) in [4.78, 5) is 0. The van der Waals surface area contributed by atoms with Crippen molar-refractivity contribution in [2.24, 2.45) is 0 Å². The zero-order chi connectivity index (χ0) is 13.5. The van der Waals surface area contributed by atoms with Crippen LogP contribution in [0, 0.1) is 0 Å². The molecule has 19 heavy (non-hydrogen) atoms. The first-order valence-corrected chi connectivity index (χ1v) is 7.37. The largest absolute Gasteiger partial charge is 0.314 e. The van der Waals surface area contributed by atoms with Gasteiger partial charge in [0, 0.05) is 25.2 Å². The topological polar surface area (TPSA) is 42.2 Å². The Balaban J connectivity index is 1.88. The van der Waals surface area contributed by atoms with E-state index < -0.39 is 0 Å². The number of pyridine rings is 1. The van der Waals surface area contributed by atoms with Crippen LogP contribution in [0.25, 0.3) is 5.65 Å². The summed E-state index contributed by atoms with van der Waals surface area (Å²) in [5.74, 6) is 1.04. The highest BCUT2D eigenvalue weighted by atomic mass is 15.2. The monoisotopic (exact) mass is 260 g/mol. The Morgan fingerprint density at radius 3 is 2.68 bits per heavy atom. The van der Waals surface area contributed by atoms with Crippen LogP contribution >= 0.6 is 0 Å². The molecule has 0 unspecified atom stereocenters. The van der Waals surface area contributed by atoms with Gasteiger partial charge in [0.15, 0.2) is 5.65 Å². The molecule has 0 radical (unpaired) electrons. The molecular weight excluding hydrogens is 236 g/mol. The first-order valence-electron chi connectivity index (χ1n) is 7.37. The zero-order valence-corrected chi connectivity index (χ0v) is 12.0. The van der Waals surface area contributed by atoms with Crippen molar-refractivity contribution in [2.45, 2.75) is 52.0 Å². The van der Waals surface area contributed by atoms with Crippen molar-refractivity contribution >= 4 is 5.65 Å². The Morgan fingerprint density at radius 1 is 1.16 bits per heavy atom. The first kappa shape index (κ1) is 14.0. The van der Waals surface area contributed by atoms with Crippen LogP contribution in [0.1, 0.15) is 45.4 Å². The summed E-state index contributed by atoms with van der Waals surface area (Å²) in [6.45, 7) is 5.47. The van der Waals surface area contributed by atoms with Gasteiger partial charge < -0.3 is 5.32 Å². The standard InChI is InChI=1S/C15H24N4/c1-3-7-13(8-4-2)16-11-10-15-18-17-14-9-5-6-12-19(14)15/h5-6,9,12-13,16H,3-4,7-8,10-11H2,1-2H3. The van der Waals surface area contributed by atoms with Gasteiger partial charge in [-0.05, 0) is 25.0 Å². The molecule has 104 valence electrons. The smallest absolute Gasteiger partial charge is 0.160 e. The van der Waals surface area contributed by atoms with Gasteiger partial charge in [0.2, 0.25) is 0 Å². The lowest BCUT2D eigenvalue weighted by Gasteiger charge is -2.16. The number of fused-ring (bicyclic) bond motifs is 1. The summed E-state index contributed by atoms with van der Waals surface area (Å²) in [5.41, 5.74) is 0.927. The molecule has 2 rings (SSSR count). The molecule has 0 atom stereocenters. The number of aromatic nitrogens is 3. The number of hydrogen-bond acceptors (Lipinski definition) is 3. The molecule has 4 heteroatoms. The summed E-state index contributed by atoms with van der Waals surface area (Å²) >= 11 is 0. The van der Waals surface area contributed by atoms with Crippen molar-refractivity contribution < 1.29 is 0 Å². The van der Waals surface area contributed by atoms with Crippen LogP contribution in [0.15, 0.2) is 24.4 Å². The van der Waals surface area contributed by atoms with E-state index in [0.29, 0.717) is 6.04 Å². The second kappa shape index (κ2) is 7.24. The Kier molecular flexibility index (Phi) is 5.33. The van der Waals surface area contributed by atoms with Crippen molar-refractivity contribution in [3.05, 3.63) is 30.2 Å². The van der Waals surface area contributed by atoms with Crippen LogP contribution in [0.5, 0.6) is 0 Å². The number of nitrogens with one attached hydrogen (secondary N) is 1. The minimum atomic E-state index is 0.647. The number of nitrogens with zero attached hydrogens (tertiary/aromatic N) is 3. The quantitative estimate of drug-likeness (QED) is 0.793. The maximum absolute atomic E-state index is 4.26. The second-order valence-electron chi connectivity index (χ2n) is 5.02. The van der Waals surface area contributed by atoms with Gasteiger partial charge in [-0.25, -0.2) is 0 Å². The molecule has 0 bridgehead atoms. The van der Waals surface area contributed by atoms with E-state index in [1.165, 1.54) is 25.7 Å². The van der Waals surface area contributed by atoms with E-state index >= 15 is 0 Å². The maximum Gasteiger partial charge on any atom is 0.160 e. The molecule has 2 heterocycles. The predicted octanol–water partition coefficient (Wildman–Crippen LogP) is 2.83. The summed E-state index contributed by atoms with van der Waals surface area (Å²) < 4.78 is 2.07. The Bertz CT molecular complexity index is 486. The van der Waals surface area contributed by atoms with Crippen molar-refractivity contribution in [3.63, 3.8) is 0 Å². The lowest BCUT2D eigenvalue weighted by molar-refractivity contribution is 0.445. The Hall–Kier alpha value is -1.42. The number of rotatable bonds is 8. The van der Waals surface area contributed by atoms with Crippen molar-refractivity contribution in [3.8, 4) is 0 Å². The molecule has 0 spiro atoms. The highest BCUT2D eigenvalue weighted by Crippen LogP contribution is 2.06. The molecule has 1 N–H and O–H groups in total. The van der Waals surface area contributed by atoms with E-state index in [1.54, 1.807) is 0 Å². The maximum atomic E-state index is 4.26. The molecule has 0 saturated carbocycles. The van der Waals surface area contributed by atoms with Crippen molar-refractivity contribution in [1.29, 1.82) is 0 Å². The van der Waals surface area contributed by atoms with Crippen LogP contribution in [-0.2, 0) is 6.42 Å². The highest BCUT2D eigenvalue weighted by molar-refractivity contribution is 5.36. The van der Waals surface area contributed by atoms with Crippen LogP contribution in [0.3, 0.4) is 0 Å². The molecule has 2 aromatic rings. The van der Waals surface area contributed by atoms with Gasteiger partial charge in [0.05, 0.1) is 0 Å². The average molecular weight is 260 g/mol. The lowest BCUT2D eigenvalue weighted by atomic mass is 10.1. The molecule has 4 nitrogen and oxygen atoms in total. The highest BCUT2D eigenvalue weighted by Gasteiger charge is 2.07. The SMILES string of the molecule is CCCC(CCC)NCCc1nnc2ccccn12. The van der Waals surface area contributed by atoms with E-state index in [9.17, 15) is 0 Å². The van der Waals surface area contributed by atoms with E-state index in [0.717, 1.165) is 24.4 Å². The van der Waals surface area contributed by atoms with E-state index in [1.807, 2.05) is 24.4 Å². The van der Waals surface area contributed by atoms with Crippen molar-refractivity contribution in [1.82, 2.24) is 19.9 Å². The van der Waals surface area contributed by atoms with Crippen molar-refractivity contribution in [2.75, 3.05) is 6.54 Å². The minimum Gasteiger partial charge on any atom is -0.314 e. The molecule has 0 fully saturated rings. The molecule has 0 aliphatic heterocycles. The van der Waals surface area contributed by atoms with E-state index in [4.69, 9.17) is 0 Å². The van der Waals surface area contributed by atoms with Gasteiger partial charge in [0.1, 0.15) is 5.82 Å². The third-order valence-corrected chi connectivity index (χ3v) is 3.44. The summed E-state index contributed by atoms with van der Waals surface area (Å²) in [6.07, 6.45) is 7.95. The first-order chi connectivity index (χ1) is 9.35. The van der Waals surface area contributed by atoms with Gasteiger partial charge in [-0.2, -0.15) is 0 Å². The van der Waals surface area contributed by atoms with Crippen LogP contribution in [0.4, 0.5) is 0 Å². The van der Waals surface area contributed by atoms with Crippen LogP contribution in [-0.4, -0.2) is 27.2 Å². The fraction of sp³-hybridized carbons (Fsp3) is 0.600. The normalized spacial score (nSPS) is 11.5. The molecule has 2 aromatic heterocycles. The fourth-order valence-corrected chi connectivity index (χ4v) is 2.49. The van der Waals surface area contributed by atoms with E-state index in [2.05, 4.69) is 33.8 Å². The zero-order valence-electron chi connectivity index (χ0n) is 12.0. The molecule has 0 aliphatic rings. The molecule has 0 saturated heterocycles. The predicted molar refractivity (Wildman–Crippen MR) is 78.3 cm³/mol. The molecule has 0 aliphatic carbocycles. The minimum absolute atomic E-state index is 0.647. The van der Waals surface area contributed by atoms with Crippen LogP contribution < -0.4 is 5.32 Å². The average Bonchev–Trinajstić information content (AvgIpc) is 2.83. The molecule has 0 amide bonds. The second-order valence-corrected chi connectivity index (χ2v) is 5.02. The Morgan fingerprint density at radius 2 is 1.95 bits per heavy atom. The van der Waals surface area contributed by atoms with Gasteiger partial charge in [-0.3, -0.25) is 4.40 Å². The number of hydrogen-bond donors (Lipinski definition) is 1. The molecular formula is C15H24N4. The third-order valence-electron chi connectivity index (χ3n) is 3.44. The summed E-state index contributed by atoms with van der Waals surface area (Å²) in [6, 6.07) is 6.64. The van der Waals surface area contributed by atoms with Crippen LogP contribution in [0.2, 0.25) is 0 Å². The fourth-order valence-electron chi connectivity index (χ4n) is 2.49. The summed E-state index contributed by atoms with van der Waals surface area (Å²) in [7, 11) is 0. The lowest BCUT2D eigenvalue weighted by Crippen LogP contribution is -2.31. The molecule has 0 aromatic carbocycles. The third kappa shape index (κ3) is 3.77.